The lowest BCUT2D eigenvalue weighted by molar-refractivity contribution is 0.0618. The van der Waals surface area contributed by atoms with Gasteiger partial charge >= 0.3 is 0 Å². The van der Waals surface area contributed by atoms with Crippen molar-refractivity contribution in [3.8, 4) is 22.0 Å². The number of thiazole rings is 1. The van der Waals surface area contributed by atoms with Gasteiger partial charge in [0.2, 0.25) is 0 Å². The predicted octanol–water partition coefficient (Wildman–Crippen LogP) is 3.66. The molecule has 0 unspecified atom stereocenters. The SMILES string of the molecule is O=C(c1nn(-c2ccccc2)cc1O)N1CCN(Cc2csc(-c3ccccc3)n2)CC1. The number of hydrogen-bond donors (Lipinski definition) is 1. The summed E-state index contributed by atoms with van der Waals surface area (Å²) in [6.45, 7) is 3.45. The van der Waals surface area contributed by atoms with E-state index in [1.807, 2.05) is 48.5 Å². The first-order valence-electron chi connectivity index (χ1n) is 10.5. The van der Waals surface area contributed by atoms with Crippen molar-refractivity contribution < 1.29 is 9.90 Å². The number of carbonyl (C=O) groups is 1. The molecule has 4 aromatic rings. The van der Waals surface area contributed by atoms with Crippen LogP contribution in [0.25, 0.3) is 16.3 Å². The largest absolute Gasteiger partial charge is 0.504 e. The van der Waals surface area contributed by atoms with E-state index < -0.39 is 0 Å². The first kappa shape index (κ1) is 20.4. The van der Waals surface area contributed by atoms with Gasteiger partial charge in [-0.15, -0.1) is 11.3 Å². The average Bonchev–Trinajstić information content (AvgIpc) is 3.47. The number of carbonyl (C=O) groups excluding carboxylic acids is 1. The Hall–Kier alpha value is -3.49. The van der Waals surface area contributed by atoms with Gasteiger partial charge in [0.25, 0.3) is 5.91 Å². The number of benzene rings is 2. The maximum atomic E-state index is 13.0. The van der Waals surface area contributed by atoms with Crippen LogP contribution in [0.1, 0.15) is 16.2 Å². The summed E-state index contributed by atoms with van der Waals surface area (Å²) in [4.78, 5) is 21.8. The zero-order chi connectivity index (χ0) is 21.9. The van der Waals surface area contributed by atoms with Gasteiger partial charge < -0.3 is 10.0 Å². The fourth-order valence-corrected chi connectivity index (χ4v) is 4.63. The zero-order valence-corrected chi connectivity index (χ0v) is 18.3. The van der Waals surface area contributed by atoms with Crippen LogP contribution < -0.4 is 0 Å². The lowest BCUT2D eigenvalue weighted by Crippen LogP contribution is -2.48. The van der Waals surface area contributed by atoms with Crippen molar-refractivity contribution in [1.29, 1.82) is 0 Å². The van der Waals surface area contributed by atoms with Gasteiger partial charge in [-0.05, 0) is 12.1 Å². The monoisotopic (exact) mass is 445 g/mol. The van der Waals surface area contributed by atoms with Crippen LogP contribution in [-0.2, 0) is 6.54 Å². The summed E-state index contributed by atoms with van der Waals surface area (Å²) in [6, 6.07) is 19.6. The molecule has 3 heterocycles. The van der Waals surface area contributed by atoms with Crippen LogP contribution in [0.2, 0.25) is 0 Å². The highest BCUT2D eigenvalue weighted by Crippen LogP contribution is 2.24. The number of rotatable bonds is 5. The normalized spacial score (nSPS) is 14.6. The molecule has 5 rings (SSSR count). The molecule has 7 nitrogen and oxygen atoms in total. The van der Waals surface area contributed by atoms with Gasteiger partial charge in [-0.3, -0.25) is 9.69 Å². The van der Waals surface area contributed by atoms with Crippen LogP contribution in [0.3, 0.4) is 0 Å². The number of nitrogens with zero attached hydrogens (tertiary/aromatic N) is 5. The van der Waals surface area contributed by atoms with E-state index in [0.717, 1.165) is 41.6 Å². The van der Waals surface area contributed by atoms with Crippen molar-refractivity contribution >= 4 is 17.2 Å². The van der Waals surface area contributed by atoms with Crippen LogP contribution in [0.5, 0.6) is 5.75 Å². The quantitative estimate of drug-likeness (QED) is 0.508. The van der Waals surface area contributed by atoms with Gasteiger partial charge in [0.1, 0.15) is 5.01 Å². The number of aromatic nitrogens is 3. The van der Waals surface area contributed by atoms with E-state index >= 15 is 0 Å². The van der Waals surface area contributed by atoms with E-state index in [-0.39, 0.29) is 17.4 Å². The fourth-order valence-electron chi connectivity index (χ4n) is 3.81. The molecule has 0 bridgehead atoms. The maximum absolute atomic E-state index is 13.0. The predicted molar refractivity (Wildman–Crippen MR) is 124 cm³/mol. The summed E-state index contributed by atoms with van der Waals surface area (Å²) in [5, 5.41) is 17.7. The second kappa shape index (κ2) is 8.94. The fraction of sp³-hybridized carbons (Fsp3) is 0.208. The Morgan fingerprint density at radius 1 is 0.969 bits per heavy atom. The molecule has 0 spiro atoms. The van der Waals surface area contributed by atoms with Crippen LogP contribution in [0.15, 0.2) is 72.2 Å². The lowest BCUT2D eigenvalue weighted by Gasteiger charge is -2.34. The molecule has 1 N–H and O–H groups in total. The molecule has 1 saturated heterocycles. The van der Waals surface area contributed by atoms with Crippen molar-refractivity contribution in [2.75, 3.05) is 26.2 Å². The molecule has 1 aliphatic rings. The van der Waals surface area contributed by atoms with Crippen molar-refractivity contribution in [2.45, 2.75) is 6.54 Å². The van der Waals surface area contributed by atoms with Crippen LogP contribution in [0, 0.1) is 0 Å². The van der Waals surface area contributed by atoms with Crippen LogP contribution in [-0.4, -0.2) is 61.8 Å². The molecule has 1 aliphatic heterocycles. The molecular formula is C24H23N5O2S. The molecule has 162 valence electrons. The number of piperazine rings is 1. The minimum Gasteiger partial charge on any atom is -0.504 e. The van der Waals surface area contributed by atoms with Crippen LogP contribution in [0.4, 0.5) is 0 Å². The van der Waals surface area contributed by atoms with E-state index in [1.165, 1.54) is 10.9 Å². The Morgan fingerprint density at radius 3 is 2.38 bits per heavy atom. The molecule has 0 atom stereocenters. The summed E-state index contributed by atoms with van der Waals surface area (Å²) in [7, 11) is 0. The smallest absolute Gasteiger partial charge is 0.278 e. The van der Waals surface area contributed by atoms with E-state index in [9.17, 15) is 9.90 Å². The van der Waals surface area contributed by atoms with Crippen molar-refractivity contribution in [3.63, 3.8) is 0 Å². The average molecular weight is 446 g/mol. The Morgan fingerprint density at radius 2 is 1.66 bits per heavy atom. The Labute approximate surface area is 190 Å². The Kier molecular flexibility index (Phi) is 5.70. The lowest BCUT2D eigenvalue weighted by atomic mass is 10.2. The topological polar surface area (TPSA) is 74.5 Å². The summed E-state index contributed by atoms with van der Waals surface area (Å²) in [6.07, 6.45) is 1.48. The molecular weight excluding hydrogens is 422 g/mol. The molecule has 1 fully saturated rings. The second-order valence-electron chi connectivity index (χ2n) is 7.72. The molecule has 0 radical (unpaired) electrons. The first-order chi connectivity index (χ1) is 15.7. The van der Waals surface area contributed by atoms with Crippen molar-refractivity contribution in [2.24, 2.45) is 0 Å². The maximum Gasteiger partial charge on any atom is 0.278 e. The summed E-state index contributed by atoms with van der Waals surface area (Å²) < 4.78 is 1.53. The van der Waals surface area contributed by atoms with Gasteiger partial charge in [-0.2, -0.15) is 5.10 Å². The van der Waals surface area contributed by atoms with Gasteiger partial charge in [0, 0.05) is 43.7 Å². The molecule has 32 heavy (non-hydrogen) atoms. The summed E-state index contributed by atoms with van der Waals surface area (Å²) >= 11 is 1.66. The molecule has 2 aromatic heterocycles. The van der Waals surface area contributed by atoms with Gasteiger partial charge in [-0.1, -0.05) is 48.5 Å². The Balaban J connectivity index is 1.20. The highest BCUT2D eigenvalue weighted by molar-refractivity contribution is 7.13. The minimum absolute atomic E-state index is 0.0920. The zero-order valence-electron chi connectivity index (χ0n) is 17.5. The second-order valence-corrected chi connectivity index (χ2v) is 8.58. The molecule has 8 heteroatoms. The molecule has 1 amide bonds. The molecule has 2 aromatic carbocycles. The van der Waals surface area contributed by atoms with Crippen molar-refractivity contribution in [1.82, 2.24) is 24.6 Å². The highest BCUT2D eigenvalue weighted by Gasteiger charge is 2.27. The third kappa shape index (κ3) is 4.28. The summed E-state index contributed by atoms with van der Waals surface area (Å²) in [5.74, 6) is -0.339. The first-order valence-corrected chi connectivity index (χ1v) is 11.4. The molecule has 0 aliphatic carbocycles. The standard InChI is InChI=1S/C24H23N5O2S/c30-21-16-29(20-9-5-2-6-10-20)26-22(21)24(31)28-13-11-27(12-14-28)15-19-17-32-23(25-19)18-7-3-1-4-8-18/h1-10,16-17,30H,11-15H2. The van der Waals surface area contributed by atoms with Gasteiger partial charge in [0.15, 0.2) is 11.4 Å². The molecule has 0 saturated carbocycles. The van der Waals surface area contributed by atoms with E-state index in [0.29, 0.717) is 13.1 Å². The summed E-state index contributed by atoms with van der Waals surface area (Å²) in [5.41, 5.74) is 3.07. The van der Waals surface area contributed by atoms with E-state index in [4.69, 9.17) is 4.98 Å². The third-order valence-electron chi connectivity index (χ3n) is 5.54. The van der Waals surface area contributed by atoms with Gasteiger partial charge in [-0.25, -0.2) is 9.67 Å². The van der Waals surface area contributed by atoms with Gasteiger partial charge in [0.05, 0.1) is 17.6 Å². The third-order valence-corrected chi connectivity index (χ3v) is 6.48. The van der Waals surface area contributed by atoms with Crippen LogP contribution >= 0.6 is 11.3 Å². The number of hydrogen-bond acceptors (Lipinski definition) is 6. The minimum atomic E-state index is -0.239. The number of aromatic hydroxyl groups is 1. The number of para-hydroxylation sites is 1. The van der Waals surface area contributed by atoms with E-state index in [2.05, 4.69) is 27.5 Å². The van der Waals surface area contributed by atoms with Crippen molar-refractivity contribution in [3.05, 3.63) is 83.6 Å². The highest BCUT2D eigenvalue weighted by atomic mass is 32.1. The van der Waals surface area contributed by atoms with E-state index in [1.54, 1.807) is 16.2 Å². The number of amides is 1. The Bertz CT molecular complexity index is 1200.